The van der Waals surface area contributed by atoms with E-state index in [-0.39, 0.29) is 12.5 Å². The highest BCUT2D eigenvalue weighted by atomic mass is 32.1. The molecule has 0 bridgehead atoms. The number of aromatic nitrogens is 1. The summed E-state index contributed by atoms with van der Waals surface area (Å²) in [5, 5.41) is 10.9. The van der Waals surface area contributed by atoms with Gasteiger partial charge in [0.1, 0.15) is 0 Å². The molecule has 3 heteroatoms. The van der Waals surface area contributed by atoms with Crippen molar-refractivity contribution in [3.8, 4) is 0 Å². The molecule has 1 rings (SSSR count). The summed E-state index contributed by atoms with van der Waals surface area (Å²) in [6, 6.07) is 0. The van der Waals surface area contributed by atoms with Crippen LogP contribution in [0.4, 0.5) is 0 Å². The van der Waals surface area contributed by atoms with E-state index in [1.807, 2.05) is 19.2 Å². The van der Waals surface area contributed by atoms with Gasteiger partial charge in [0.15, 0.2) is 0 Å². The fourth-order valence-corrected chi connectivity index (χ4v) is 1.49. The highest BCUT2D eigenvalue weighted by Crippen LogP contribution is 2.17. The van der Waals surface area contributed by atoms with Gasteiger partial charge in [0.2, 0.25) is 0 Å². The van der Waals surface area contributed by atoms with Gasteiger partial charge in [-0.1, -0.05) is 20.8 Å². The van der Waals surface area contributed by atoms with E-state index in [4.69, 9.17) is 5.11 Å². The Hall–Kier alpha value is -0.410. The molecule has 1 heterocycles. The second kappa shape index (κ2) is 7.25. The van der Waals surface area contributed by atoms with Crippen molar-refractivity contribution >= 4 is 11.3 Å². The molecule has 70 valence electrons. The molecular weight excluding hydrogens is 170 g/mol. The van der Waals surface area contributed by atoms with E-state index in [1.165, 1.54) is 0 Å². The molecule has 1 N–H and O–H groups in total. The average Bonchev–Trinajstić information content (AvgIpc) is 2.64. The average molecular weight is 187 g/mol. The molecule has 0 aliphatic carbocycles. The number of thiazole rings is 1. The van der Waals surface area contributed by atoms with Gasteiger partial charge in [-0.05, 0) is 6.42 Å². The van der Waals surface area contributed by atoms with Crippen LogP contribution in [0.15, 0.2) is 10.9 Å². The summed E-state index contributed by atoms with van der Waals surface area (Å²) in [6.07, 6.45) is 0.959. The molecule has 1 atom stereocenters. The van der Waals surface area contributed by atoms with Crippen LogP contribution >= 0.6 is 11.3 Å². The Balaban J connectivity index is 0.000000561. The van der Waals surface area contributed by atoms with Crippen LogP contribution in [0.2, 0.25) is 0 Å². The second-order valence-corrected chi connectivity index (χ2v) is 2.92. The van der Waals surface area contributed by atoms with Crippen LogP contribution in [0.5, 0.6) is 0 Å². The van der Waals surface area contributed by atoms with Crippen molar-refractivity contribution < 1.29 is 5.11 Å². The topological polar surface area (TPSA) is 33.1 Å². The van der Waals surface area contributed by atoms with Crippen LogP contribution in [-0.4, -0.2) is 16.7 Å². The van der Waals surface area contributed by atoms with Crippen LogP contribution in [0.25, 0.3) is 0 Å². The van der Waals surface area contributed by atoms with E-state index in [0.717, 1.165) is 12.1 Å². The molecule has 0 fully saturated rings. The zero-order valence-corrected chi connectivity index (χ0v) is 8.77. The summed E-state index contributed by atoms with van der Waals surface area (Å²) in [6.45, 7) is 6.26. The number of aliphatic hydroxyl groups excluding tert-OH is 1. The first-order chi connectivity index (χ1) is 5.88. The van der Waals surface area contributed by atoms with Crippen molar-refractivity contribution in [3.63, 3.8) is 0 Å². The van der Waals surface area contributed by atoms with Gasteiger partial charge >= 0.3 is 0 Å². The molecular formula is C9H17NOS. The first-order valence-corrected chi connectivity index (χ1v) is 5.31. The van der Waals surface area contributed by atoms with Crippen molar-refractivity contribution in [2.75, 3.05) is 6.61 Å². The van der Waals surface area contributed by atoms with Crippen molar-refractivity contribution in [2.24, 2.45) is 0 Å². The molecule has 2 nitrogen and oxygen atoms in total. The van der Waals surface area contributed by atoms with E-state index in [1.54, 1.807) is 16.8 Å². The molecule has 12 heavy (non-hydrogen) atoms. The molecule has 0 amide bonds. The Morgan fingerprint density at radius 1 is 1.58 bits per heavy atom. The fraction of sp³-hybridized carbons (Fsp3) is 0.667. The van der Waals surface area contributed by atoms with Crippen LogP contribution < -0.4 is 0 Å². The van der Waals surface area contributed by atoms with Crippen molar-refractivity contribution in [2.45, 2.75) is 33.1 Å². The third kappa shape index (κ3) is 3.32. The maximum absolute atomic E-state index is 8.86. The predicted octanol–water partition coefficient (Wildman–Crippen LogP) is 2.66. The van der Waals surface area contributed by atoms with E-state index < -0.39 is 0 Å². The third-order valence-electron chi connectivity index (χ3n) is 1.58. The quantitative estimate of drug-likeness (QED) is 0.789. The number of aliphatic hydroxyl groups is 1. The third-order valence-corrected chi connectivity index (χ3v) is 2.19. The minimum atomic E-state index is 0.209. The Labute approximate surface area is 78.3 Å². The van der Waals surface area contributed by atoms with Gasteiger partial charge in [-0.25, -0.2) is 4.98 Å². The molecule has 0 aliphatic rings. The number of hydrogen-bond acceptors (Lipinski definition) is 3. The lowest BCUT2D eigenvalue weighted by atomic mass is 10.1. The van der Waals surface area contributed by atoms with E-state index >= 15 is 0 Å². The lowest BCUT2D eigenvalue weighted by Crippen LogP contribution is -2.02. The van der Waals surface area contributed by atoms with Crippen molar-refractivity contribution in [1.29, 1.82) is 0 Å². The summed E-state index contributed by atoms with van der Waals surface area (Å²) in [5.74, 6) is 0.242. The Morgan fingerprint density at radius 2 is 2.25 bits per heavy atom. The molecule has 0 radical (unpaired) electrons. The number of rotatable bonds is 3. The normalized spacial score (nSPS) is 11.7. The highest BCUT2D eigenvalue weighted by Gasteiger charge is 2.08. The Bertz CT molecular complexity index is 171. The SMILES string of the molecule is CC.CCC(CO)c1cscn1. The zero-order chi connectivity index (χ0) is 9.40. The number of nitrogens with zero attached hydrogens (tertiary/aromatic N) is 1. The van der Waals surface area contributed by atoms with Gasteiger partial charge in [-0.3, -0.25) is 0 Å². The zero-order valence-electron chi connectivity index (χ0n) is 7.95. The van der Waals surface area contributed by atoms with Crippen LogP contribution in [0.1, 0.15) is 38.8 Å². The molecule has 1 unspecified atom stereocenters. The van der Waals surface area contributed by atoms with Crippen molar-refractivity contribution in [3.05, 3.63) is 16.6 Å². The monoisotopic (exact) mass is 187 g/mol. The molecule has 1 aromatic heterocycles. The van der Waals surface area contributed by atoms with Crippen LogP contribution in [0, 0.1) is 0 Å². The largest absolute Gasteiger partial charge is 0.396 e. The Kier molecular flexibility index (Phi) is 7.00. The van der Waals surface area contributed by atoms with Crippen LogP contribution in [-0.2, 0) is 0 Å². The molecule has 0 aromatic carbocycles. The summed E-state index contributed by atoms with van der Waals surface area (Å²) >= 11 is 1.58. The minimum Gasteiger partial charge on any atom is -0.396 e. The van der Waals surface area contributed by atoms with E-state index in [9.17, 15) is 0 Å². The molecule has 0 aliphatic heterocycles. The minimum absolute atomic E-state index is 0.209. The maximum atomic E-state index is 8.86. The van der Waals surface area contributed by atoms with Gasteiger partial charge in [0.25, 0.3) is 0 Å². The van der Waals surface area contributed by atoms with Crippen LogP contribution in [0.3, 0.4) is 0 Å². The number of hydrogen-bond donors (Lipinski definition) is 1. The maximum Gasteiger partial charge on any atom is 0.0794 e. The lowest BCUT2D eigenvalue weighted by Gasteiger charge is -2.06. The Morgan fingerprint density at radius 3 is 2.58 bits per heavy atom. The molecule has 0 saturated heterocycles. The predicted molar refractivity (Wildman–Crippen MR) is 53.6 cm³/mol. The van der Waals surface area contributed by atoms with Gasteiger partial charge in [0.05, 0.1) is 17.8 Å². The van der Waals surface area contributed by atoms with Gasteiger partial charge < -0.3 is 5.11 Å². The highest BCUT2D eigenvalue weighted by molar-refractivity contribution is 7.07. The molecule has 0 spiro atoms. The lowest BCUT2D eigenvalue weighted by molar-refractivity contribution is 0.260. The summed E-state index contributed by atoms with van der Waals surface area (Å²) in [7, 11) is 0. The fourth-order valence-electron chi connectivity index (χ4n) is 0.855. The molecule has 1 aromatic rings. The van der Waals surface area contributed by atoms with Gasteiger partial charge in [-0.2, -0.15) is 0 Å². The summed E-state index contributed by atoms with van der Waals surface area (Å²) in [4.78, 5) is 4.12. The van der Waals surface area contributed by atoms with Gasteiger partial charge in [-0.15, -0.1) is 11.3 Å². The van der Waals surface area contributed by atoms with E-state index in [0.29, 0.717) is 0 Å². The van der Waals surface area contributed by atoms with Gasteiger partial charge in [0, 0.05) is 11.3 Å². The smallest absolute Gasteiger partial charge is 0.0794 e. The molecule has 0 saturated carbocycles. The first kappa shape index (κ1) is 11.6. The van der Waals surface area contributed by atoms with Crippen molar-refractivity contribution in [1.82, 2.24) is 4.98 Å². The van der Waals surface area contributed by atoms with E-state index in [2.05, 4.69) is 11.9 Å². The summed E-state index contributed by atoms with van der Waals surface area (Å²) < 4.78 is 0. The summed E-state index contributed by atoms with van der Waals surface area (Å²) in [5.41, 5.74) is 2.82. The second-order valence-electron chi connectivity index (χ2n) is 2.20. The standard InChI is InChI=1S/C7H11NOS.C2H6/c1-2-6(3-9)7-4-10-5-8-7;1-2/h4-6,9H,2-3H2,1H3;1-2H3. The first-order valence-electron chi connectivity index (χ1n) is 4.37.